The molecular weight excluding hydrogens is 296 g/mol. The number of hydrogen-bond donors (Lipinski definition) is 2. The van der Waals surface area contributed by atoms with Crippen LogP contribution in [0.4, 0.5) is 5.13 Å². The van der Waals surface area contributed by atoms with Crippen molar-refractivity contribution in [2.24, 2.45) is 17.0 Å². The van der Waals surface area contributed by atoms with Crippen LogP contribution in [0.25, 0.3) is 0 Å². The zero-order valence-corrected chi connectivity index (χ0v) is 13.5. The van der Waals surface area contributed by atoms with Gasteiger partial charge < -0.3 is 10.2 Å². The van der Waals surface area contributed by atoms with E-state index in [0.29, 0.717) is 5.13 Å². The number of hydrogen-bond acceptors (Lipinski definition) is 6. The van der Waals surface area contributed by atoms with E-state index < -0.39 is 10.0 Å². The molecule has 1 fully saturated rings. The normalized spacial score (nSPS) is 24.8. The Kier molecular flexibility index (Phi) is 5.00. The van der Waals surface area contributed by atoms with Crippen molar-refractivity contribution in [3.8, 4) is 0 Å². The molecule has 0 unspecified atom stereocenters. The second-order valence-corrected chi connectivity index (χ2v) is 8.48. The molecule has 20 heavy (non-hydrogen) atoms. The van der Waals surface area contributed by atoms with Crippen LogP contribution in [0, 0.1) is 11.8 Å². The predicted octanol–water partition coefficient (Wildman–Crippen LogP) is 1.18. The molecule has 2 rings (SSSR count). The molecule has 1 aliphatic heterocycles. The lowest BCUT2D eigenvalue weighted by Crippen LogP contribution is -2.41. The van der Waals surface area contributed by atoms with Gasteiger partial charge in [0.2, 0.25) is 10.0 Å². The number of piperidine rings is 1. The summed E-state index contributed by atoms with van der Waals surface area (Å²) in [6.07, 6.45) is 2.60. The standard InChI is InChI=1S/C12H22N4O2S2/c1-9-5-10(2)8-16(7-9)4-3-14-12-15-6-11(19-12)20(13,17)18/h6,9-10H,3-5,7-8H2,1-2H3,(H,14,15)(H2,13,17,18)/t9-,10+. The third-order valence-corrected chi connectivity index (χ3v) is 5.78. The number of nitrogens with zero attached hydrogens (tertiary/aromatic N) is 2. The van der Waals surface area contributed by atoms with E-state index in [4.69, 9.17) is 5.14 Å². The highest BCUT2D eigenvalue weighted by atomic mass is 32.2. The lowest BCUT2D eigenvalue weighted by Gasteiger charge is -2.34. The molecule has 1 aromatic rings. The minimum Gasteiger partial charge on any atom is -0.360 e. The highest BCUT2D eigenvalue weighted by Gasteiger charge is 2.21. The summed E-state index contributed by atoms with van der Waals surface area (Å²) in [7, 11) is -3.64. The van der Waals surface area contributed by atoms with E-state index in [2.05, 4.69) is 29.0 Å². The van der Waals surface area contributed by atoms with Crippen molar-refractivity contribution in [1.82, 2.24) is 9.88 Å². The summed E-state index contributed by atoms with van der Waals surface area (Å²) in [5.41, 5.74) is 0. The molecule has 0 amide bonds. The van der Waals surface area contributed by atoms with Crippen molar-refractivity contribution >= 4 is 26.5 Å². The van der Waals surface area contributed by atoms with Crippen LogP contribution in [0.15, 0.2) is 10.4 Å². The van der Waals surface area contributed by atoms with Crippen LogP contribution in [0.3, 0.4) is 0 Å². The molecule has 114 valence electrons. The summed E-state index contributed by atoms with van der Waals surface area (Å²) in [4.78, 5) is 6.47. The summed E-state index contributed by atoms with van der Waals surface area (Å²) >= 11 is 1.07. The van der Waals surface area contributed by atoms with E-state index in [9.17, 15) is 8.42 Å². The van der Waals surface area contributed by atoms with Crippen molar-refractivity contribution in [2.75, 3.05) is 31.5 Å². The monoisotopic (exact) mass is 318 g/mol. The van der Waals surface area contributed by atoms with Crippen LogP contribution in [-0.2, 0) is 10.0 Å². The smallest absolute Gasteiger partial charge is 0.249 e. The largest absolute Gasteiger partial charge is 0.360 e. The fourth-order valence-corrected chi connectivity index (χ4v) is 4.24. The molecular formula is C12H22N4O2S2. The van der Waals surface area contributed by atoms with Crippen LogP contribution in [0.1, 0.15) is 20.3 Å². The molecule has 0 spiro atoms. The predicted molar refractivity (Wildman–Crippen MR) is 81.4 cm³/mol. The van der Waals surface area contributed by atoms with E-state index in [1.54, 1.807) is 0 Å². The number of likely N-dealkylation sites (tertiary alicyclic amines) is 1. The number of nitrogens with one attached hydrogen (secondary N) is 1. The number of aromatic nitrogens is 1. The highest BCUT2D eigenvalue weighted by molar-refractivity contribution is 7.91. The van der Waals surface area contributed by atoms with E-state index >= 15 is 0 Å². The fraction of sp³-hybridized carbons (Fsp3) is 0.750. The molecule has 1 aromatic heterocycles. The van der Waals surface area contributed by atoms with E-state index in [0.717, 1.165) is 49.4 Å². The number of anilines is 1. The van der Waals surface area contributed by atoms with Gasteiger partial charge in [-0.3, -0.25) is 0 Å². The summed E-state index contributed by atoms with van der Waals surface area (Å²) < 4.78 is 22.4. The molecule has 0 bridgehead atoms. The third-order valence-electron chi connectivity index (χ3n) is 3.41. The zero-order chi connectivity index (χ0) is 14.8. The second-order valence-electron chi connectivity index (χ2n) is 5.66. The second kappa shape index (κ2) is 6.38. The molecule has 3 N–H and O–H groups in total. The molecule has 6 nitrogen and oxygen atoms in total. The number of sulfonamides is 1. The first-order chi connectivity index (χ1) is 9.34. The Hall–Kier alpha value is -0.700. The quantitative estimate of drug-likeness (QED) is 0.851. The maximum Gasteiger partial charge on any atom is 0.249 e. The van der Waals surface area contributed by atoms with Crippen LogP contribution < -0.4 is 10.5 Å². The summed E-state index contributed by atoms with van der Waals surface area (Å²) in [5.74, 6) is 1.49. The average Bonchev–Trinajstić information content (AvgIpc) is 2.76. The van der Waals surface area contributed by atoms with Gasteiger partial charge in [-0.1, -0.05) is 25.2 Å². The Morgan fingerprint density at radius 2 is 2.10 bits per heavy atom. The average molecular weight is 318 g/mol. The minimum atomic E-state index is -3.64. The molecule has 1 aliphatic rings. The third kappa shape index (κ3) is 4.41. The van der Waals surface area contributed by atoms with E-state index in [-0.39, 0.29) is 4.21 Å². The van der Waals surface area contributed by atoms with Gasteiger partial charge in [0.1, 0.15) is 0 Å². The van der Waals surface area contributed by atoms with Gasteiger partial charge in [-0.2, -0.15) is 0 Å². The van der Waals surface area contributed by atoms with Gasteiger partial charge >= 0.3 is 0 Å². The molecule has 2 atom stereocenters. The van der Waals surface area contributed by atoms with Gasteiger partial charge in [0.15, 0.2) is 9.34 Å². The van der Waals surface area contributed by atoms with E-state index in [1.165, 1.54) is 12.6 Å². The molecule has 2 heterocycles. The lowest BCUT2D eigenvalue weighted by molar-refractivity contribution is 0.146. The van der Waals surface area contributed by atoms with Gasteiger partial charge in [0.05, 0.1) is 6.20 Å². The summed E-state index contributed by atoms with van der Waals surface area (Å²) in [6.45, 7) is 8.54. The Labute approximate surface area is 124 Å². The molecule has 0 radical (unpaired) electrons. The zero-order valence-electron chi connectivity index (χ0n) is 11.9. The number of thiazole rings is 1. The Morgan fingerprint density at radius 1 is 1.45 bits per heavy atom. The number of rotatable bonds is 5. The topological polar surface area (TPSA) is 88.3 Å². The molecule has 0 aliphatic carbocycles. The first-order valence-corrected chi connectivity index (χ1v) is 9.15. The summed E-state index contributed by atoms with van der Waals surface area (Å²) in [5, 5.41) is 8.82. The van der Waals surface area contributed by atoms with E-state index in [1.807, 2.05) is 0 Å². The number of primary sulfonamides is 1. The Bertz CT molecular complexity index is 533. The maximum absolute atomic E-state index is 11.2. The first-order valence-electron chi connectivity index (χ1n) is 6.79. The SMILES string of the molecule is C[C@@H]1C[C@H](C)CN(CCNc2ncc(S(N)(=O)=O)s2)C1. The van der Waals surface area contributed by atoms with Gasteiger partial charge in [0, 0.05) is 26.2 Å². The molecule has 8 heteroatoms. The molecule has 0 saturated carbocycles. The van der Waals surface area contributed by atoms with Gasteiger partial charge in [-0.25, -0.2) is 18.5 Å². The van der Waals surface area contributed by atoms with Crippen molar-refractivity contribution in [3.63, 3.8) is 0 Å². The Balaban J connectivity index is 1.80. The van der Waals surface area contributed by atoms with Gasteiger partial charge in [-0.15, -0.1) is 0 Å². The maximum atomic E-state index is 11.2. The van der Waals surface area contributed by atoms with Crippen molar-refractivity contribution in [2.45, 2.75) is 24.5 Å². The lowest BCUT2D eigenvalue weighted by atomic mass is 9.92. The van der Waals surface area contributed by atoms with Crippen LogP contribution >= 0.6 is 11.3 Å². The van der Waals surface area contributed by atoms with Crippen molar-refractivity contribution < 1.29 is 8.42 Å². The first kappa shape index (κ1) is 15.7. The minimum absolute atomic E-state index is 0.0974. The molecule has 0 aromatic carbocycles. The van der Waals surface area contributed by atoms with Gasteiger partial charge in [-0.05, 0) is 18.3 Å². The van der Waals surface area contributed by atoms with Crippen LogP contribution in [0.5, 0.6) is 0 Å². The Morgan fingerprint density at radius 3 is 2.65 bits per heavy atom. The number of nitrogens with two attached hydrogens (primary N) is 1. The summed E-state index contributed by atoms with van der Waals surface area (Å²) in [6, 6.07) is 0. The van der Waals surface area contributed by atoms with Crippen molar-refractivity contribution in [1.29, 1.82) is 0 Å². The fourth-order valence-electron chi connectivity index (χ4n) is 2.77. The van der Waals surface area contributed by atoms with Gasteiger partial charge in [0.25, 0.3) is 0 Å². The van der Waals surface area contributed by atoms with Crippen LogP contribution in [0.2, 0.25) is 0 Å². The molecule has 1 saturated heterocycles. The van der Waals surface area contributed by atoms with Crippen LogP contribution in [-0.4, -0.2) is 44.5 Å². The van der Waals surface area contributed by atoms with Crippen molar-refractivity contribution in [3.05, 3.63) is 6.20 Å². The highest BCUT2D eigenvalue weighted by Crippen LogP contribution is 2.22.